The summed E-state index contributed by atoms with van der Waals surface area (Å²) in [7, 11) is 1.59. The minimum Gasteiger partial charge on any atom is -0.439 e. The van der Waals surface area contributed by atoms with Crippen LogP contribution in [0.25, 0.3) is 10.9 Å². The zero-order valence-corrected chi connectivity index (χ0v) is 11.3. The molecule has 0 spiro atoms. The molecule has 0 radical (unpaired) electrons. The highest BCUT2D eigenvalue weighted by Crippen LogP contribution is 2.25. The lowest BCUT2D eigenvalue weighted by Crippen LogP contribution is -2.23. The maximum Gasteiger partial charge on any atom is 0.325 e. The van der Waals surface area contributed by atoms with Gasteiger partial charge in [0.15, 0.2) is 0 Å². The van der Waals surface area contributed by atoms with Crippen LogP contribution >= 0.6 is 0 Å². The van der Waals surface area contributed by atoms with Crippen molar-refractivity contribution in [2.75, 3.05) is 12.8 Å². The summed E-state index contributed by atoms with van der Waals surface area (Å²) >= 11 is 0. The van der Waals surface area contributed by atoms with Crippen LogP contribution in [0, 0.1) is 0 Å². The molecule has 2 heterocycles. The van der Waals surface area contributed by atoms with Gasteiger partial charge in [0.1, 0.15) is 5.75 Å². The van der Waals surface area contributed by atoms with Crippen LogP contribution in [0.1, 0.15) is 0 Å². The van der Waals surface area contributed by atoms with Gasteiger partial charge in [0, 0.05) is 30.9 Å². The molecule has 3 aromatic rings. The smallest absolute Gasteiger partial charge is 0.325 e. The Kier molecular flexibility index (Phi) is 3.15. The average molecular weight is 283 g/mol. The number of hydrogen-bond acceptors (Lipinski definition) is 5. The molecule has 1 amide bonds. The minimum absolute atomic E-state index is 0.152. The fourth-order valence-electron chi connectivity index (χ4n) is 2.02. The Hall–Kier alpha value is -3.09. The first-order valence-corrected chi connectivity index (χ1v) is 6.27. The highest BCUT2D eigenvalue weighted by molar-refractivity contribution is 5.92. The molecule has 3 rings (SSSR count). The largest absolute Gasteiger partial charge is 0.439 e. The van der Waals surface area contributed by atoms with E-state index >= 15 is 0 Å². The maximum atomic E-state index is 11.7. The number of nitrogens with two attached hydrogens (primary N) is 1. The van der Waals surface area contributed by atoms with Crippen molar-refractivity contribution < 1.29 is 9.53 Å². The van der Waals surface area contributed by atoms with Crippen molar-refractivity contribution >= 4 is 22.9 Å². The van der Waals surface area contributed by atoms with E-state index in [-0.39, 0.29) is 12.0 Å². The van der Waals surface area contributed by atoms with E-state index in [1.165, 1.54) is 10.8 Å². The van der Waals surface area contributed by atoms with Gasteiger partial charge in [-0.15, -0.1) is 0 Å². The minimum atomic E-state index is -0.192. The van der Waals surface area contributed by atoms with Crippen LogP contribution < -0.4 is 15.8 Å². The molecular weight excluding hydrogens is 270 g/mol. The lowest BCUT2D eigenvalue weighted by atomic mass is 10.2. The number of hydrogen-bond donors (Lipinski definition) is 2. The highest BCUT2D eigenvalue weighted by Gasteiger charge is 2.08. The molecule has 0 aliphatic rings. The second-order valence-corrected chi connectivity index (χ2v) is 4.32. The van der Waals surface area contributed by atoms with Gasteiger partial charge >= 0.3 is 6.03 Å². The molecular formula is C14H13N5O2. The number of benzene rings is 1. The normalized spacial score (nSPS) is 10.5. The average Bonchev–Trinajstić information content (AvgIpc) is 2.89. The third kappa shape index (κ3) is 2.48. The van der Waals surface area contributed by atoms with Gasteiger partial charge in [-0.1, -0.05) is 0 Å². The van der Waals surface area contributed by atoms with Crippen LogP contribution in [0.3, 0.4) is 0 Å². The first-order valence-electron chi connectivity index (χ1n) is 6.27. The van der Waals surface area contributed by atoms with Gasteiger partial charge in [0.25, 0.3) is 0 Å². The highest BCUT2D eigenvalue weighted by atomic mass is 16.5. The number of rotatable bonds is 2. The SMILES string of the molecule is CNC(=O)n1ccc2cc(Oc3ccnc(N)n3)ccc21. The molecule has 0 aliphatic heterocycles. The summed E-state index contributed by atoms with van der Waals surface area (Å²) in [5.74, 6) is 1.13. The van der Waals surface area contributed by atoms with Crippen molar-refractivity contribution in [3.05, 3.63) is 42.7 Å². The molecule has 7 nitrogen and oxygen atoms in total. The summed E-state index contributed by atoms with van der Waals surface area (Å²) in [6.07, 6.45) is 3.23. The topological polar surface area (TPSA) is 95.1 Å². The van der Waals surface area contributed by atoms with Crippen LogP contribution in [0.2, 0.25) is 0 Å². The number of carbonyl (C=O) groups excluding carboxylic acids is 1. The predicted molar refractivity (Wildman–Crippen MR) is 78.3 cm³/mol. The fraction of sp³-hybridized carbons (Fsp3) is 0.0714. The molecule has 0 fully saturated rings. The van der Waals surface area contributed by atoms with E-state index in [9.17, 15) is 4.79 Å². The Balaban J connectivity index is 1.93. The van der Waals surface area contributed by atoms with Gasteiger partial charge in [0.05, 0.1) is 5.52 Å². The molecule has 0 saturated heterocycles. The van der Waals surface area contributed by atoms with Crippen LogP contribution in [0.5, 0.6) is 11.6 Å². The molecule has 0 unspecified atom stereocenters. The molecule has 0 aliphatic carbocycles. The van der Waals surface area contributed by atoms with Crippen LogP contribution in [0.4, 0.5) is 10.7 Å². The molecule has 3 N–H and O–H groups in total. The Morgan fingerprint density at radius 2 is 2.19 bits per heavy atom. The Morgan fingerprint density at radius 1 is 1.33 bits per heavy atom. The predicted octanol–water partition coefficient (Wildman–Crippen LogP) is 1.99. The fourth-order valence-corrected chi connectivity index (χ4v) is 2.02. The standard InChI is InChI=1S/C14H13N5O2/c1-16-14(20)19-7-5-9-8-10(2-3-11(9)19)21-12-4-6-17-13(15)18-12/h2-8H,1H3,(H,16,20)(H2,15,17,18). The number of anilines is 1. The van der Waals surface area contributed by atoms with Crippen molar-refractivity contribution in [2.45, 2.75) is 0 Å². The Bertz CT molecular complexity index is 812. The Morgan fingerprint density at radius 3 is 2.95 bits per heavy atom. The summed E-state index contributed by atoms with van der Waals surface area (Å²) in [4.78, 5) is 19.5. The van der Waals surface area contributed by atoms with Gasteiger partial charge < -0.3 is 15.8 Å². The molecule has 21 heavy (non-hydrogen) atoms. The zero-order valence-electron chi connectivity index (χ0n) is 11.3. The summed E-state index contributed by atoms with van der Waals surface area (Å²) < 4.78 is 7.15. The second kappa shape index (κ2) is 5.12. The lowest BCUT2D eigenvalue weighted by molar-refractivity contribution is 0.245. The molecule has 0 bridgehead atoms. The summed E-state index contributed by atoms with van der Waals surface area (Å²) in [5, 5.41) is 3.47. The molecule has 7 heteroatoms. The number of nitrogens with zero attached hydrogens (tertiary/aromatic N) is 3. The van der Waals surface area contributed by atoms with E-state index in [0.29, 0.717) is 11.6 Å². The molecule has 1 aromatic carbocycles. The number of nitrogen functional groups attached to an aromatic ring is 1. The number of fused-ring (bicyclic) bond motifs is 1. The van der Waals surface area contributed by atoms with E-state index in [1.807, 2.05) is 18.2 Å². The number of aromatic nitrogens is 3. The van der Waals surface area contributed by atoms with Gasteiger partial charge in [-0.05, 0) is 24.3 Å². The second-order valence-electron chi connectivity index (χ2n) is 4.32. The van der Waals surface area contributed by atoms with E-state index < -0.39 is 0 Å². The van der Waals surface area contributed by atoms with Crippen molar-refractivity contribution in [3.8, 4) is 11.6 Å². The third-order valence-corrected chi connectivity index (χ3v) is 2.97. The molecule has 0 atom stereocenters. The van der Waals surface area contributed by atoms with Crippen LogP contribution in [-0.2, 0) is 0 Å². The quantitative estimate of drug-likeness (QED) is 0.750. The summed E-state index contributed by atoms with van der Waals surface area (Å²) in [6, 6.07) is 8.67. The van der Waals surface area contributed by atoms with Gasteiger partial charge in [0.2, 0.25) is 11.8 Å². The van der Waals surface area contributed by atoms with E-state index in [0.717, 1.165) is 10.9 Å². The number of ether oxygens (including phenoxy) is 1. The summed E-state index contributed by atoms with van der Waals surface area (Å²) in [6.45, 7) is 0. The van der Waals surface area contributed by atoms with Crippen LogP contribution in [-0.4, -0.2) is 27.6 Å². The van der Waals surface area contributed by atoms with Crippen LogP contribution in [0.15, 0.2) is 42.7 Å². The Labute approximate surface area is 120 Å². The van der Waals surface area contributed by atoms with Gasteiger partial charge in [-0.2, -0.15) is 4.98 Å². The lowest BCUT2D eigenvalue weighted by Gasteiger charge is -2.06. The first kappa shape index (κ1) is 12.9. The number of amides is 1. The number of carbonyl (C=O) groups is 1. The molecule has 0 saturated carbocycles. The molecule has 106 valence electrons. The first-order chi connectivity index (χ1) is 10.2. The van der Waals surface area contributed by atoms with Gasteiger partial charge in [-0.25, -0.2) is 9.78 Å². The maximum absolute atomic E-state index is 11.7. The van der Waals surface area contributed by atoms with E-state index in [2.05, 4.69) is 15.3 Å². The van der Waals surface area contributed by atoms with Crippen molar-refractivity contribution in [3.63, 3.8) is 0 Å². The van der Waals surface area contributed by atoms with Crippen molar-refractivity contribution in [1.29, 1.82) is 0 Å². The van der Waals surface area contributed by atoms with Crippen molar-refractivity contribution in [1.82, 2.24) is 19.9 Å². The van der Waals surface area contributed by atoms with E-state index in [4.69, 9.17) is 10.5 Å². The number of nitrogens with one attached hydrogen (secondary N) is 1. The van der Waals surface area contributed by atoms with E-state index in [1.54, 1.807) is 25.4 Å². The summed E-state index contributed by atoms with van der Waals surface area (Å²) in [5.41, 5.74) is 6.30. The molecule has 2 aromatic heterocycles. The van der Waals surface area contributed by atoms with Gasteiger partial charge in [-0.3, -0.25) is 4.57 Å². The zero-order chi connectivity index (χ0) is 14.8. The van der Waals surface area contributed by atoms with Crippen molar-refractivity contribution in [2.24, 2.45) is 0 Å². The monoisotopic (exact) mass is 283 g/mol. The third-order valence-electron chi connectivity index (χ3n) is 2.97.